The maximum absolute atomic E-state index is 11.5. The Kier molecular flexibility index (Phi) is 2.40. The highest BCUT2D eigenvalue weighted by Gasteiger charge is 2.40. The molecule has 6 heteroatoms. The largest absolute Gasteiger partial charge is 0.291 e. The average molecular weight is 240 g/mol. The fourth-order valence-electron chi connectivity index (χ4n) is 1.84. The van der Waals surface area contributed by atoms with E-state index in [9.17, 15) is 18.0 Å². The molecule has 0 radical (unpaired) electrons. The number of hydrogen-bond donors (Lipinski definition) is 1. The van der Waals surface area contributed by atoms with Crippen LogP contribution in [0, 0.1) is 11.8 Å². The Bertz CT molecular complexity index is 550. The molecule has 84 valence electrons. The quantitative estimate of drug-likeness (QED) is 0.525. The van der Waals surface area contributed by atoms with Gasteiger partial charge in [0, 0.05) is 12.0 Å². The van der Waals surface area contributed by atoms with Crippen molar-refractivity contribution in [3.63, 3.8) is 0 Å². The molecule has 2 aliphatic rings. The normalized spacial score (nSPS) is 28.9. The van der Waals surface area contributed by atoms with E-state index in [2.05, 4.69) is 0 Å². The van der Waals surface area contributed by atoms with Crippen LogP contribution in [0.4, 0.5) is 0 Å². The number of hydrogen-bond acceptors (Lipinski definition) is 4. The van der Waals surface area contributed by atoms with Gasteiger partial charge in [-0.3, -0.25) is 14.1 Å². The van der Waals surface area contributed by atoms with E-state index < -0.39 is 38.4 Å². The van der Waals surface area contributed by atoms with E-state index in [1.807, 2.05) is 0 Å². The Morgan fingerprint density at radius 2 is 1.62 bits per heavy atom. The maximum Gasteiger partial charge on any atom is 0.291 e. The van der Waals surface area contributed by atoms with Gasteiger partial charge in [0.05, 0.1) is 10.8 Å². The third-order valence-electron chi connectivity index (χ3n) is 2.58. The number of Topliss-reactive ketones (excluding diaryl/α,β-unsaturated/α-hetero) is 1. The van der Waals surface area contributed by atoms with Gasteiger partial charge in [0.15, 0.2) is 0 Å². The minimum absolute atomic E-state index is 0.414. The lowest BCUT2D eigenvalue weighted by Gasteiger charge is -2.26. The van der Waals surface area contributed by atoms with E-state index in [4.69, 9.17) is 4.55 Å². The molecule has 2 atom stereocenters. The van der Waals surface area contributed by atoms with Crippen LogP contribution in [-0.4, -0.2) is 24.5 Å². The Balaban J connectivity index is 2.59. The van der Waals surface area contributed by atoms with Crippen LogP contribution in [0.3, 0.4) is 0 Å². The molecule has 0 aliphatic heterocycles. The minimum atomic E-state index is -4.45. The molecule has 0 saturated carbocycles. The predicted molar refractivity (Wildman–Crippen MR) is 54.9 cm³/mol. The van der Waals surface area contributed by atoms with Crippen LogP contribution in [0.5, 0.6) is 0 Å². The summed E-state index contributed by atoms with van der Waals surface area (Å²) in [7, 11) is -4.45. The third-order valence-corrected chi connectivity index (χ3v) is 3.57. The summed E-state index contributed by atoms with van der Waals surface area (Å²) in [5, 5.41) is 0. The third kappa shape index (κ3) is 1.66. The fourth-order valence-corrected chi connectivity index (χ4v) is 2.66. The standard InChI is InChI=1S/C10H8O5S/c11-8-5-9(16(13,14)15)6-3-1-2-4-7(6)10(8)12/h1-7H,(H,13,14,15)/t6-,7-/m1/s1. The Labute approximate surface area is 91.9 Å². The smallest absolute Gasteiger partial charge is 0.290 e. The first-order valence-corrected chi connectivity index (χ1v) is 5.97. The minimum Gasteiger partial charge on any atom is -0.290 e. The number of carbonyl (C=O) groups excluding carboxylic acids is 2. The van der Waals surface area contributed by atoms with E-state index in [1.54, 1.807) is 12.2 Å². The van der Waals surface area contributed by atoms with Gasteiger partial charge in [-0.05, 0) is 0 Å². The van der Waals surface area contributed by atoms with Crippen molar-refractivity contribution in [3.8, 4) is 0 Å². The van der Waals surface area contributed by atoms with Crippen molar-refractivity contribution in [3.05, 3.63) is 35.3 Å². The summed E-state index contributed by atoms with van der Waals surface area (Å²) in [6.07, 6.45) is 6.78. The van der Waals surface area contributed by atoms with Crippen LogP contribution in [0.1, 0.15) is 0 Å². The molecule has 0 unspecified atom stereocenters. The lowest BCUT2D eigenvalue weighted by Crippen LogP contribution is -2.35. The summed E-state index contributed by atoms with van der Waals surface area (Å²) in [5.74, 6) is -3.14. The molecule has 2 aliphatic carbocycles. The Morgan fingerprint density at radius 3 is 2.19 bits per heavy atom. The van der Waals surface area contributed by atoms with Gasteiger partial charge < -0.3 is 0 Å². The van der Waals surface area contributed by atoms with Gasteiger partial charge in [-0.25, -0.2) is 0 Å². The summed E-state index contributed by atoms with van der Waals surface area (Å²) in [6.45, 7) is 0. The van der Waals surface area contributed by atoms with Crippen LogP contribution >= 0.6 is 0 Å². The predicted octanol–water partition coefficient (Wildman–Crippen LogP) is 0.268. The summed E-state index contributed by atoms with van der Waals surface area (Å²) in [5.41, 5.74) is 0. The molecule has 5 nitrogen and oxygen atoms in total. The second-order valence-corrected chi connectivity index (χ2v) is 4.99. The zero-order valence-corrected chi connectivity index (χ0v) is 8.85. The second kappa shape index (κ2) is 3.50. The van der Waals surface area contributed by atoms with E-state index in [0.717, 1.165) is 0 Å². The van der Waals surface area contributed by atoms with Crippen molar-refractivity contribution in [1.29, 1.82) is 0 Å². The monoisotopic (exact) mass is 240 g/mol. The molecule has 0 heterocycles. The van der Waals surface area contributed by atoms with Crippen LogP contribution in [0.25, 0.3) is 0 Å². The van der Waals surface area contributed by atoms with Crippen LogP contribution < -0.4 is 0 Å². The molecule has 0 bridgehead atoms. The van der Waals surface area contributed by atoms with Gasteiger partial charge in [0.2, 0.25) is 11.6 Å². The molecule has 1 N–H and O–H groups in total. The average Bonchev–Trinajstić information content (AvgIpc) is 2.22. The molecular formula is C10H8O5S. The first-order valence-electron chi connectivity index (χ1n) is 4.53. The number of carbonyl (C=O) groups is 2. The summed E-state index contributed by atoms with van der Waals surface area (Å²) in [6, 6.07) is 0. The van der Waals surface area contributed by atoms with Gasteiger partial charge in [0.25, 0.3) is 10.1 Å². The van der Waals surface area contributed by atoms with Crippen molar-refractivity contribution >= 4 is 21.7 Å². The maximum atomic E-state index is 11.5. The SMILES string of the molecule is O=C1C=C(S(=O)(=O)O)[C@@H]2C=CC=C[C@H]2C1=O. The van der Waals surface area contributed by atoms with Gasteiger partial charge in [-0.2, -0.15) is 8.42 Å². The first kappa shape index (κ1) is 11.0. The number of fused-ring (bicyclic) bond motifs is 1. The molecule has 0 spiro atoms. The van der Waals surface area contributed by atoms with Gasteiger partial charge in [0.1, 0.15) is 0 Å². The molecule has 0 aromatic carbocycles. The highest BCUT2D eigenvalue weighted by atomic mass is 32.2. The van der Waals surface area contributed by atoms with Crippen LogP contribution in [0.15, 0.2) is 35.3 Å². The fraction of sp³-hybridized carbons (Fsp3) is 0.200. The molecular weight excluding hydrogens is 232 g/mol. The van der Waals surface area contributed by atoms with E-state index >= 15 is 0 Å². The molecule has 0 fully saturated rings. The van der Waals surface area contributed by atoms with Crippen molar-refractivity contribution in [2.75, 3.05) is 0 Å². The van der Waals surface area contributed by atoms with E-state index in [1.165, 1.54) is 12.2 Å². The summed E-state index contributed by atoms with van der Waals surface area (Å²) in [4.78, 5) is 22.3. The Hall–Kier alpha value is -1.53. The molecule has 0 aromatic rings. The van der Waals surface area contributed by atoms with Crippen molar-refractivity contribution in [2.24, 2.45) is 11.8 Å². The van der Waals surface area contributed by atoms with Crippen molar-refractivity contribution < 1.29 is 22.6 Å². The van der Waals surface area contributed by atoms with Gasteiger partial charge in [-0.1, -0.05) is 24.3 Å². The molecule has 0 aromatic heterocycles. The molecule has 0 amide bonds. The van der Waals surface area contributed by atoms with E-state index in [-0.39, 0.29) is 0 Å². The van der Waals surface area contributed by atoms with Gasteiger partial charge in [-0.15, -0.1) is 0 Å². The zero-order chi connectivity index (χ0) is 11.9. The van der Waals surface area contributed by atoms with Crippen LogP contribution in [-0.2, 0) is 19.7 Å². The van der Waals surface area contributed by atoms with Gasteiger partial charge >= 0.3 is 0 Å². The molecule has 16 heavy (non-hydrogen) atoms. The molecule has 2 rings (SSSR count). The topological polar surface area (TPSA) is 88.5 Å². The number of allylic oxidation sites excluding steroid dienone is 6. The highest BCUT2D eigenvalue weighted by molar-refractivity contribution is 7.89. The number of ketones is 2. The number of rotatable bonds is 1. The Morgan fingerprint density at radius 1 is 1.06 bits per heavy atom. The van der Waals surface area contributed by atoms with E-state index in [0.29, 0.717) is 6.08 Å². The van der Waals surface area contributed by atoms with Crippen LogP contribution in [0.2, 0.25) is 0 Å². The zero-order valence-electron chi connectivity index (χ0n) is 8.03. The summed E-state index contributed by atoms with van der Waals surface area (Å²) < 4.78 is 31.1. The first-order chi connectivity index (χ1) is 7.41. The van der Waals surface area contributed by atoms with Crippen molar-refractivity contribution in [1.82, 2.24) is 0 Å². The highest BCUT2D eigenvalue weighted by Crippen LogP contribution is 2.33. The lowest BCUT2D eigenvalue weighted by molar-refractivity contribution is -0.136. The second-order valence-electron chi connectivity index (χ2n) is 3.57. The molecule has 0 saturated heterocycles. The lowest BCUT2D eigenvalue weighted by atomic mass is 9.80. The van der Waals surface area contributed by atoms with Crippen molar-refractivity contribution in [2.45, 2.75) is 0 Å². The summed E-state index contributed by atoms with van der Waals surface area (Å²) >= 11 is 0.